The van der Waals surface area contributed by atoms with Crippen LogP contribution in [0.15, 0.2) is 60.7 Å². The Morgan fingerprint density at radius 2 is 1.53 bits per heavy atom. The molecule has 6 aliphatic rings. The first kappa shape index (κ1) is 48.4. The number of nitrogens with one attached hydrogen (secondary N) is 3. The van der Waals surface area contributed by atoms with E-state index in [0.29, 0.717) is 74.1 Å². The van der Waals surface area contributed by atoms with Crippen LogP contribution in [0, 0.1) is 56.7 Å². The third kappa shape index (κ3) is 8.35. The van der Waals surface area contributed by atoms with Crippen molar-refractivity contribution >= 4 is 23.7 Å². The molecule has 66 heavy (non-hydrogen) atoms. The molecule has 0 bridgehead atoms. The van der Waals surface area contributed by atoms with Gasteiger partial charge in [0.05, 0.1) is 24.7 Å². The third-order valence-corrected chi connectivity index (χ3v) is 19.7. The molecule has 6 fully saturated rings. The lowest BCUT2D eigenvalue weighted by Crippen LogP contribution is -2.67. The first-order valence-corrected chi connectivity index (χ1v) is 25.2. The normalized spacial score (nSPS) is 35.7. The molecule has 2 aromatic rings. The van der Waals surface area contributed by atoms with Crippen LogP contribution in [0.2, 0.25) is 0 Å². The summed E-state index contributed by atoms with van der Waals surface area (Å²) < 4.78 is 5.39. The van der Waals surface area contributed by atoms with E-state index in [4.69, 9.17) is 4.74 Å². The number of hydrogen-bond donors (Lipinski definition) is 5. The molecule has 11 nitrogen and oxygen atoms in total. The van der Waals surface area contributed by atoms with Crippen LogP contribution in [0.5, 0.6) is 0 Å². The molecule has 12 atom stereocenters. The highest BCUT2D eigenvalue weighted by atomic mass is 16.5. The van der Waals surface area contributed by atoms with E-state index in [9.17, 15) is 29.4 Å². The number of carboxylic acids is 1. The number of aliphatic hydroxyl groups is 1. The van der Waals surface area contributed by atoms with Crippen LogP contribution >= 0.6 is 0 Å². The molecule has 5 saturated carbocycles. The van der Waals surface area contributed by atoms with Gasteiger partial charge in [-0.05, 0) is 171 Å². The second kappa shape index (κ2) is 18.4. The summed E-state index contributed by atoms with van der Waals surface area (Å²) in [6.07, 6.45) is 11.0. The zero-order chi connectivity index (χ0) is 47.4. The number of amides is 3. The fraction of sp³-hybridized carbons (Fsp3) is 0.673. The average Bonchev–Trinajstić information content (AvgIpc) is 3.71. The van der Waals surface area contributed by atoms with Gasteiger partial charge in [0.1, 0.15) is 6.04 Å². The number of nitrogens with zero attached hydrogens (tertiary/aromatic N) is 1. The topological polar surface area (TPSA) is 157 Å². The van der Waals surface area contributed by atoms with Crippen LogP contribution in [0.3, 0.4) is 0 Å². The molecule has 3 amide bonds. The molecule has 0 spiro atoms. The zero-order valence-corrected chi connectivity index (χ0v) is 40.8. The number of rotatable bonds is 13. The van der Waals surface area contributed by atoms with Crippen molar-refractivity contribution in [2.24, 2.45) is 56.7 Å². The van der Waals surface area contributed by atoms with Crippen LogP contribution in [-0.2, 0) is 27.3 Å². The number of carboxylic acid groups (broad SMARTS) is 1. The van der Waals surface area contributed by atoms with Gasteiger partial charge in [-0.2, -0.15) is 0 Å². The first-order chi connectivity index (χ1) is 31.3. The molecule has 1 heterocycles. The van der Waals surface area contributed by atoms with Crippen LogP contribution in [0.4, 0.5) is 0 Å². The molecule has 360 valence electrons. The van der Waals surface area contributed by atoms with Gasteiger partial charge in [-0.15, -0.1) is 0 Å². The molecule has 1 aliphatic heterocycles. The predicted octanol–water partition coefficient (Wildman–Crippen LogP) is 8.20. The highest BCUT2D eigenvalue weighted by Crippen LogP contribution is 2.77. The van der Waals surface area contributed by atoms with Crippen molar-refractivity contribution in [3.05, 3.63) is 82.9 Å². The number of ether oxygens (including phenoxy) is 1. The Morgan fingerprint density at radius 3 is 2.23 bits per heavy atom. The van der Waals surface area contributed by atoms with Crippen molar-refractivity contribution < 1.29 is 34.1 Å². The minimum absolute atomic E-state index is 0.0741. The summed E-state index contributed by atoms with van der Waals surface area (Å²) in [6, 6.07) is 12.9. The number of aliphatic carboxylic acids is 1. The van der Waals surface area contributed by atoms with Crippen molar-refractivity contribution in [1.82, 2.24) is 20.9 Å². The fourth-order valence-corrected chi connectivity index (χ4v) is 15.8. The van der Waals surface area contributed by atoms with E-state index >= 15 is 0 Å². The highest BCUT2D eigenvalue weighted by molar-refractivity contribution is 5.97. The number of carbonyl (C=O) groups excluding carboxylic acids is 3. The van der Waals surface area contributed by atoms with Gasteiger partial charge in [0.2, 0.25) is 5.91 Å². The van der Waals surface area contributed by atoms with Crippen molar-refractivity contribution in [3.63, 3.8) is 0 Å². The third-order valence-electron chi connectivity index (χ3n) is 19.7. The maximum absolute atomic E-state index is 14.8. The quantitative estimate of drug-likeness (QED) is 0.126. The average molecular weight is 907 g/mol. The number of aliphatic hydroxyl groups excluding tert-OH is 1. The van der Waals surface area contributed by atoms with Gasteiger partial charge in [-0.1, -0.05) is 71.0 Å². The molecule has 1 saturated heterocycles. The fourth-order valence-electron chi connectivity index (χ4n) is 15.8. The maximum atomic E-state index is 14.8. The van der Waals surface area contributed by atoms with Gasteiger partial charge in [-0.3, -0.25) is 19.3 Å². The molecular weight excluding hydrogens is 829 g/mol. The minimum Gasteiger partial charge on any atom is -0.480 e. The summed E-state index contributed by atoms with van der Waals surface area (Å²) in [7, 11) is 0. The summed E-state index contributed by atoms with van der Waals surface area (Å²) >= 11 is 0. The molecule has 5 aliphatic carbocycles. The van der Waals surface area contributed by atoms with Gasteiger partial charge < -0.3 is 30.9 Å². The number of allylic oxidation sites excluding steroid dienone is 1. The Kier molecular flexibility index (Phi) is 13.5. The largest absolute Gasteiger partial charge is 0.480 e. The van der Waals surface area contributed by atoms with Gasteiger partial charge >= 0.3 is 5.97 Å². The number of hydrogen-bond acceptors (Lipinski definition) is 7. The van der Waals surface area contributed by atoms with E-state index in [0.717, 1.165) is 56.1 Å². The SMILES string of the molecule is C=C(C)[C@@H]1CC[C@]2(C(=O)NCCc3cccc(C(=O)NCc4ccc(C(=O)N[C@@H](C(=O)O)[C@@H](C)N5CCOCC5)cc4)c3)CC[C@]3(C)C(CCC4[C@@]5(C)CC[C@H](O)C(C)(C)C5CC[C@]43C)C12. The second-order valence-electron chi connectivity index (χ2n) is 23.0. The van der Waals surface area contributed by atoms with Crippen LogP contribution < -0.4 is 16.0 Å². The van der Waals surface area contributed by atoms with E-state index in [1.165, 1.54) is 24.8 Å². The summed E-state index contributed by atoms with van der Waals surface area (Å²) in [4.78, 5) is 55.3. The number of benzene rings is 2. The first-order valence-electron chi connectivity index (χ1n) is 25.2. The zero-order valence-electron chi connectivity index (χ0n) is 40.8. The maximum Gasteiger partial charge on any atom is 0.327 e. The Hall–Kier alpha value is -4.06. The van der Waals surface area contributed by atoms with Crippen LogP contribution in [-0.4, -0.2) is 89.8 Å². The van der Waals surface area contributed by atoms with Crippen molar-refractivity contribution in [3.8, 4) is 0 Å². The van der Waals surface area contributed by atoms with E-state index in [2.05, 4.69) is 64.1 Å². The molecule has 2 aromatic carbocycles. The van der Waals surface area contributed by atoms with E-state index < -0.39 is 29.4 Å². The lowest BCUT2D eigenvalue weighted by molar-refractivity contribution is -0.246. The van der Waals surface area contributed by atoms with E-state index in [1.54, 1.807) is 37.3 Å². The second-order valence-corrected chi connectivity index (χ2v) is 23.0. The molecule has 8 rings (SSSR count). The highest BCUT2D eigenvalue weighted by Gasteiger charge is 2.71. The lowest BCUT2D eigenvalue weighted by Gasteiger charge is -2.72. The Bertz CT molecular complexity index is 2170. The lowest BCUT2D eigenvalue weighted by atomic mass is 9.32. The molecule has 0 radical (unpaired) electrons. The minimum atomic E-state index is -1.09. The van der Waals surface area contributed by atoms with Crippen LogP contribution in [0.1, 0.15) is 145 Å². The molecular formula is C55H78N4O7. The number of fused-ring (bicyclic) bond motifs is 7. The van der Waals surface area contributed by atoms with E-state index in [1.807, 2.05) is 23.1 Å². The molecule has 5 N–H and O–H groups in total. The number of carbonyl (C=O) groups is 4. The molecule has 0 aromatic heterocycles. The summed E-state index contributed by atoms with van der Waals surface area (Å²) in [6.45, 7) is 24.0. The number of morpholine rings is 1. The van der Waals surface area contributed by atoms with Crippen LogP contribution in [0.25, 0.3) is 0 Å². The molecule has 11 heteroatoms. The smallest absolute Gasteiger partial charge is 0.327 e. The Balaban J connectivity index is 0.872. The van der Waals surface area contributed by atoms with Gasteiger partial charge in [-0.25, -0.2) is 4.79 Å². The van der Waals surface area contributed by atoms with Gasteiger partial charge in [0, 0.05) is 43.3 Å². The van der Waals surface area contributed by atoms with Crippen molar-refractivity contribution in [1.29, 1.82) is 0 Å². The van der Waals surface area contributed by atoms with Crippen molar-refractivity contribution in [2.75, 3.05) is 32.8 Å². The van der Waals surface area contributed by atoms with E-state index in [-0.39, 0.29) is 52.0 Å². The summed E-state index contributed by atoms with van der Waals surface area (Å²) in [5.41, 5.74) is 3.93. The molecule has 4 unspecified atom stereocenters. The van der Waals surface area contributed by atoms with Gasteiger partial charge in [0.25, 0.3) is 11.8 Å². The van der Waals surface area contributed by atoms with Crippen molar-refractivity contribution in [2.45, 2.75) is 144 Å². The monoisotopic (exact) mass is 907 g/mol. The summed E-state index contributed by atoms with van der Waals surface area (Å²) in [5.74, 6) is 0.641. The van der Waals surface area contributed by atoms with Gasteiger partial charge in [0.15, 0.2) is 0 Å². The Morgan fingerprint density at radius 1 is 0.803 bits per heavy atom. The summed E-state index contributed by atoms with van der Waals surface area (Å²) in [5, 5.41) is 30.2. The predicted molar refractivity (Wildman–Crippen MR) is 256 cm³/mol. The standard InChI is InChI=1S/C55H78N4O7/c1-34(2)40-18-24-55(26-25-53(7)41(45(40)55)16-17-43-52(6)22-20-44(60)51(4,5)42(52)19-23-54(43,53)8)50(65)56-27-21-36-10-9-11-39(32-36)47(61)57-33-37-12-14-38(15-13-37)48(62)58-46(49(63)64)35(3)59-28-30-66-31-29-59/h9-15,32,35,40-46,60H,1,16-31,33H2,2-8H3,(H,56,65)(H,57,61)(H,58,62)(H,63,64)/t35-,40+,41?,42?,43?,44+,45?,46-,52+,53-,54-,55+/m1/s1. The Labute approximate surface area is 393 Å².